The van der Waals surface area contributed by atoms with E-state index in [0.29, 0.717) is 57.4 Å². The molecule has 3 amide bonds. The van der Waals surface area contributed by atoms with Crippen molar-refractivity contribution in [1.29, 1.82) is 0 Å². The fraction of sp³-hybridized carbons (Fsp3) is 0.564. The van der Waals surface area contributed by atoms with Gasteiger partial charge in [0.2, 0.25) is 17.7 Å². The molecule has 0 saturated heterocycles. The van der Waals surface area contributed by atoms with Gasteiger partial charge in [-0.3, -0.25) is 14.4 Å². The van der Waals surface area contributed by atoms with Crippen LogP contribution in [0.4, 0.5) is 5.69 Å². The number of ether oxygens (including phenoxy) is 1. The van der Waals surface area contributed by atoms with Gasteiger partial charge in [0.1, 0.15) is 5.69 Å². The van der Waals surface area contributed by atoms with Crippen LogP contribution in [-0.4, -0.2) is 59.0 Å². The zero-order chi connectivity index (χ0) is 35.0. The molecule has 0 spiro atoms. The van der Waals surface area contributed by atoms with E-state index in [4.69, 9.17) is 4.74 Å². The maximum absolute atomic E-state index is 13.8. The third-order valence-corrected chi connectivity index (χ3v) is 8.90. The van der Waals surface area contributed by atoms with E-state index in [2.05, 4.69) is 48.6 Å². The van der Waals surface area contributed by atoms with Gasteiger partial charge in [0.15, 0.2) is 0 Å². The minimum absolute atomic E-state index is 0.0506. The second kappa shape index (κ2) is 19.8. The first-order valence-corrected chi connectivity index (χ1v) is 18.3. The molecule has 4 rings (SSSR count). The third-order valence-electron chi connectivity index (χ3n) is 8.90. The molecule has 49 heavy (non-hydrogen) atoms. The summed E-state index contributed by atoms with van der Waals surface area (Å²) >= 11 is 0. The van der Waals surface area contributed by atoms with Crippen molar-refractivity contribution in [3.05, 3.63) is 54.1 Å². The fourth-order valence-electron chi connectivity index (χ4n) is 6.10. The summed E-state index contributed by atoms with van der Waals surface area (Å²) in [6.45, 7) is 11.5. The first-order valence-electron chi connectivity index (χ1n) is 18.3. The lowest BCUT2D eigenvalue weighted by atomic mass is 9.95. The molecule has 2 N–H and O–H groups in total. The maximum atomic E-state index is 13.8. The molecule has 0 bridgehead atoms. The average Bonchev–Trinajstić information content (AvgIpc) is 3.50. The Bertz CT molecular complexity index is 1500. The number of para-hydroxylation sites is 1. The lowest BCUT2D eigenvalue weighted by molar-refractivity contribution is -0.125. The summed E-state index contributed by atoms with van der Waals surface area (Å²) in [5.41, 5.74) is 5.05. The minimum atomic E-state index is -0.108. The molecule has 10 nitrogen and oxygen atoms in total. The minimum Gasteiger partial charge on any atom is -0.378 e. The van der Waals surface area contributed by atoms with Crippen LogP contribution in [0.3, 0.4) is 0 Å². The van der Waals surface area contributed by atoms with E-state index >= 15 is 0 Å². The van der Waals surface area contributed by atoms with Gasteiger partial charge in [-0.25, -0.2) is 4.68 Å². The Labute approximate surface area is 292 Å². The highest BCUT2D eigenvalue weighted by Crippen LogP contribution is 2.41. The quantitative estimate of drug-likeness (QED) is 0.126. The summed E-state index contributed by atoms with van der Waals surface area (Å²) in [7, 11) is 0. The molecule has 0 radical (unpaired) electrons. The lowest BCUT2D eigenvalue weighted by Gasteiger charge is -2.28. The van der Waals surface area contributed by atoms with E-state index < -0.39 is 0 Å². The van der Waals surface area contributed by atoms with Gasteiger partial charge in [0, 0.05) is 43.5 Å². The summed E-state index contributed by atoms with van der Waals surface area (Å²) < 4.78 is 7.71. The summed E-state index contributed by atoms with van der Waals surface area (Å²) in [5, 5.41) is 15.1. The van der Waals surface area contributed by atoms with Crippen molar-refractivity contribution in [3.63, 3.8) is 0 Å². The monoisotopic (exact) mass is 672 g/mol. The molecular formula is C39H56N6O4. The largest absolute Gasteiger partial charge is 0.378 e. The molecule has 0 saturated carbocycles. The van der Waals surface area contributed by atoms with E-state index in [-0.39, 0.29) is 30.6 Å². The number of hydrogen-bond donors (Lipinski definition) is 2. The Morgan fingerprint density at radius 1 is 0.755 bits per heavy atom. The number of fused-ring (bicyclic) bond motifs is 5. The molecule has 0 unspecified atom stereocenters. The molecule has 2 heterocycles. The highest BCUT2D eigenvalue weighted by Gasteiger charge is 2.29. The van der Waals surface area contributed by atoms with Crippen LogP contribution >= 0.6 is 0 Å². The number of benzene rings is 2. The van der Waals surface area contributed by atoms with Crippen LogP contribution in [-0.2, 0) is 32.2 Å². The Balaban J connectivity index is 1.36. The van der Waals surface area contributed by atoms with Crippen molar-refractivity contribution < 1.29 is 19.1 Å². The molecular weight excluding hydrogens is 616 g/mol. The van der Waals surface area contributed by atoms with E-state index in [9.17, 15) is 14.4 Å². The Kier molecular flexibility index (Phi) is 15.3. The van der Waals surface area contributed by atoms with Crippen LogP contribution in [0.25, 0.3) is 22.5 Å². The van der Waals surface area contributed by atoms with E-state index in [1.807, 2.05) is 53.2 Å². The molecule has 266 valence electrons. The van der Waals surface area contributed by atoms with Gasteiger partial charge in [0.05, 0.1) is 37.7 Å². The summed E-state index contributed by atoms with van der Waals surface area (Å²) in [6.07, 6.45) is 8.72. The fourth-order valence-corrected chi connectivity index (χ4v) is 6.10. The number of amides is 3. The Morgan fingerprint density at radius 2 is 1.43 bits per heavy atom. The molecule has 10 heteroatoms. The van der Waals surface area contributed by atoms with Crippen molar-refractivity contribution in [1.82, 2.24) is 25.6 Å². The maximum Gasteiger partial charge on any atom is 0.227 e. The third kappa shape index (κ3) is 11.8. The topological polar surface area (TPSA) is 118 Å². The van der Waals surface area contributed by atoms with Crippen LogP contribution in [0, 0.1) is 11.8 Å². The average molecular weight is 673 g/mol. The molecule has 3 aromatic rings. The molecule has 0 atom stereocenters. The normalized spacial score (nSPS) is 12.2. The van der Waals surface area contributed by atoms with Gasteiger partial charge in [-0.15, -0.1) is 5.10 Å². The summed E-state index contributed by atoms with van der Waals surface area (Å²) in [6, 6.07) is 15.8. The lowest BCUT2D eigenvalue weighted by Crippen LogP contribution is -2.33. The summed E-state index contributed by atoms with van der Waals surface area (Å²) in [4.78, 5) is 40.2. The van der Waals surface area contributed by atoms with Gasteiger partial charge in [-0.1, -0.05) is 107 Å². The molecule has 1 aliphatic rings. The zero-order valence-electron chi connectivity index (χ0n) is 30.0. The summed E-state index contributed by atoms with van der Waals surface area (Å²) in [5.74, 6) is 1.11. The smallest absolute Gasteiger partial charge is 0.227 e. The predicted molar refractivity (Wildman–Crippen MR) is 195 cm³/mol. The standard InChI is InChI=1S/C39H56N6O4/c1-29(2)14-8-6-5-7-13-23-40-36(47)21-22-37(48)44-28-31-15-9-10-16-32(31)39-38(33-17-11-12-18-34(33)44)42-43-45(39)25-27-49-26-24-41-35(46)20-19-30(3)4/h9-12,15-18,29-30H,5-8,13-14,19-28H2,1-4H3,(H,40,47)(H,41,46). The van der Waals surface area contributed by atoms with Crippen LogP contribution in [0.15, 0.2) is 48.5 Å². The first kappa shape index (κ1) is 37.8. The SMILES string of the molecule is CC(C)CCCCCCCNC(=O)CCC(=O)N1Cc2ccccc2-c2c(nnn2CCOCCNC(=O)CCC(C)C)-c2ccccc21. The van der Waals surface area contributed by atoms with Crippen LogP contribution in [0.1, 0.15) is 97.5 Å². The Hall–Kier alpha value is -4.05. The van der Waals surface area contributed by atoms with E-state index in [0.717, 1.165) is 53.3 Å². The molecule has 0 aliphatic carbocycles. The number of aromatic nitrogens is 3. The number of hydrogen-bond acceptors (Lipinski definition) is 6. The van der Waals surface area contributed by atoms with Crippen molar-refractivity contribution in [3.8, 4) is 22.5 Å². The van der Waals surface area contributed by atoms with E-state index in [1.165, 1.54) is 25.7 Å². The van der Waals surface area contributed by atoms with Crippen LogP contribution in [0.2, 0.25) is 0 Å². The Morgan fingerprint density at radius 3 is 2.22 bits per heavy atom. The van der Waals surface area contributed by atoms with Gasteiger partial charge in [-0.05, 0) is 36.3 Å². The van der Waals surface area contributed by atoms with Gasteiger partial charge in [0.25, 0.3) is 0 Å². The van der Waals surface area contributed by atoms with Gasteiger partial charge >= 0.3 is 0 Å². The number of anilines is 1. The number of unbranched alkanes of at least 4 members (excludes halogenated alkanes) is 4. The van der Waals surface area contributed by atoms with Crippen molar-refractivity contribution in [2.45, 2.75) is 105 Å². The second-order valence-corrected chi connectivity index (χ2v) is 13.9. The van der Waals surface area contributed by atoms with Gasteiger partial charge in [-0.2, -0.15) is 0 Å². The zero-order valence-corrected chi connectivity index (χ0v) is 30.0. The molecule has 2 aromatic carbocycles. The van der Waals surface area contributed by atoms with Crippen LogP contribution in [0.5, 0.6) is 0 Å². The van der Waals surface area contributed by atoms with Crippen LogP contribution < -0.4 is 15.5 Å². The second-order valence-electron chi connectivity index (χ2n) is 13.9. The van der Waals surface area contributed by atoms with Crippen molar-refractivity contribution >= 4 is 23.4 Å². The molecule has 0 fully saturated rings. The molecule has 1 aliphatic heterocycles. The van der Waals surface area contributed by atoms with Gasteiger partial charge < -0.3 is 20.3 Å². The van der Waals surface area contributed by atoms with Crippen molar-refractivity contribution in [2.75, 3.05) is 31.2 Å². The number of nitrogens with zero attached hydrogens (tertiary/aromatic N) is 4. The molecule has 1 aromatic heterocycles. The number of carbonyl (C=O) groups excluding carboxylic acids is 3. The highest BCUT2D eigenvalue weighted by atomic mass is 16.5. The highest BCUT2D eigenvalue weighted by molar-refractivity contribution is 6.01. The number of nitrogens with one attached hydrogen (secondary N) is 2. The van der Waals surface area contributed by atoms with E-state index in [1.54, 1.807) is 4.90 Å². The number of carbonyl (C=O) groups is 3. The van der Waals surface area contributed by atoms with Crippen molar-refractivity contribution in [2.24, 2.45) is 11.8 Å². The predicted octanol–water partition coefficient (Wildman–Crippen LogP) is 6.92. The number of rotatable bonds is 20. The first-order chi connectivity index (χ1) is 23.7.